The fraction of sp³-hybridized carbons (Fsp3) is 0.200. The minimum Gasteiger partial charge on any atom is -0.210 e. The van der Waals surface area contributed by atoms with Gasteiger partial charge in [0.1, 0.15) is 5.83 Å². The molecule has 0 saturated carbocycles. The highest BCUT2D eigenvalue weighted by molar-refractivity contribution is 5.81. The lowest BCUT2D eigenvalue weighted by molar-refractivity contribution is 0.387. The lowest BCUT2D eigenvalue weighted by Gasteiger charge is -2.18. The molecule has 106 valence electrons. The number of halogens is 1. The largest absolute Gasteiger partial charge is 0.210 e. The van der Waals surface area contributed by atoms with E-state index >= 15 is 0 Å². The lowest BCUT2D eigenvalue weighted by Crippen LogP contribution is -2.07. The maximum absolute atomic E-state index is 14.7. The molecule has 0 nitrogen and oxygen atoms in total. The Bertz CT molecular complexity index is 677. The standard InChI is InChI=1S/C20H19F/c1-20(2,3)19(21)18(17-12-8-5-9-13-17)15-14-16-10-6-4-7-11-16/h4-13H,1-3H3/b19-18+. The Morgan fingerprint density at radius 3 is 1.90 bits per heavy atom. The molecular weight excluding hydrogens is 259 g/mol. The van der Waals surface area contributed by atoms with E-state index < -0.39 is 5.41 Å². The van der Waals surface area contributed by atoms with Crippen LogP contribution in [0.2, 0.25) is 0 Å². The molecule has 0 aliphatic heterocycles. The molecule has 0 aliphatic rings. The first kappa shape index (κ1) is 15.1. The molecule has 2 rings (SSSR count). The van der Waals surface area contributed by atoms with E-state index in [0.29, 0.717) is 5.57 Å². The quantitative estimate of drug-likeness (QED) is 0.607. The van der Waals surface area contributed by atoms with E-state index in [-0.39, 0.29) is 5.83 Å². The second-order valence-corrected chi connectivity index (χ2v) is 5.92. The van der Waals surface area contributed by atoms with E-state index in [1.54, 1.807) is 0 Å². The van der Waals surface area contributed by atoms with Gasteiger partial charge in [0.2, 0.25) is 0 Å². The van der Waals surface area contributed by atoms with Crippen LogP contribution in [0.3, 0.4) is 0 Å². The van der Waals surface area contributed by atoms with Gasteiger partial charge in [0, 0.05) is 11.0 Å². The van der Waals surface area contributed by atoms with Crippen LogP contribution in [-0.4, -0.2) is 0 Å². The molecule has 21 heavy (non-hydrogen) atoms. The van der Waals surface area contributed by atoms with Gasteiger partial charge in [0.25, 0.3) is 0 Å². The van der Waals surface area contributed by atoms with E-state index in [0.717, 1.165) is 11.1 Å². The van der Waals surface area contributed by atoms with Crippen LogP contribution in [0.15, 0.2) is 66.5 Å². The zero-order valence-electron chi connectivity index (χ0n) is 12.7. The van der Waals surface area contributed by atoms with Crippen LogP contribution in [-0.2, 0) is 0 Å². The second-order valence-electron chi connectivity index (χ2n) is 5.92. The fourth-order valence-corrected chi connectivity index (χ4v) is 1.89. The molecule has 0 spiro atoms. The second kappa shape index (κ2) is 6.41. The first-order chi connectivity index (χ1) is 9.98. The molecule has 0 aromatic heterocycles. The molecule has 1 heteroatoms. The van der Waals surface area contributed by atoms with Crippen LogP contribution in [0.1, 0.15) is 31.9 Å². The van der Waals surface area contributed by atoms with E-state index in [2.05, 4.69) is 11.8 Å². The molecule has 0 saturated heterocycles. The first-order valence-corrected chi connectivity index (χ1v) is 7.01. The Hall–Kier alpha value is -2.33. The molecule has 0 fully saturated rings. The average molecular weight is 278 g/mol. The summed E-state index contributed by atoms with van der Waals surface area (Å²) in [5, 5.41) is 0. The summed E-state index contributed by atoms with van der Waals surface area (Å²) in [5.74, 6) is 5.88. The van der Waals surface area contributed by atoms with E-state index in [1.165, 1.54) is 0 Å². The van der Waals surface area contributed by atoms with Crippen LogP contribution in [0.25, 0.3) is 5.57 Å². The van der Waals surface area contributed by atoms with Crippen LogP contribution >= 0.6 is 0 Å². The molecule has 0 amide bonds. The summed E-state index contributed by atoms with van der Waals surface area (Å²) in [6.07, 6.45) is 0. The summed E-state index contributed by atoms with van der Waals surface area (Å²) in [6, 6.07) is 19.1. The van der Waals surface area contributed by atoms with Crippen LogP contribution in [0.4, 0.5) is 4.39 Å². The Labute approximate surface area is 126 Å². The molecule has 0 radical (unpaired) electrons. The summed E-state index contributed by atoms with van der Waals surface area (Å²) in [6.45, 7) is 5.57. The number of allylic oxidation sites excluding steroid dienone is 2. The van der Waals surface area contributed by atoms with Crippen LogP contribution < -0.4 is 0 Å². The van der Waals surface area contributed by atoms with Crippen molar-refractivity contribution in [2.45, 2.75) is 20.8 Å². The van der Waals surface area contributed by atoms with Gasteiger partial charge in [-0.15, -0.1) is 0 Å². The van der Waals surface area contributed by atoms with Gasteiger partial charge < -0.3 is 0 Å². The average Bonchev–Trinajstić information content (AvgIpc) is 2.48. The van der Waals surface area contributed by atoms with Gasteiger partial charge in [-0.25, -0.2) is 4.39 Å². The molecule has 0 atom stereocenters. The third-order valence-corrected chi connectivity index (χ3v) is 3.05. The highest BCUT2D eigenvalue weighted by Crippen LogP contribution is 2.33. The Balaban J connectivity index is 2.52. The molecule has 0 bridgehead atoms. The molecule has 0 N–H and O–H groups in total. The van der Waals surface area contributed by atoms with Crippen molar-refractivity contribution in [3.8, 4) is 11.8 Å². The van der Waals surface area contributed by atoms with Gasteiger partial charge >= 0.3 is 0 Å². The third kappa shape index (κ3) is 4.07. The van der Waals surface area contributed by atoms with Gasteiger partial charge in [-0.3, -0.25) is 0 Å². The Morgan fingerprint density at radius 2 is 1.38 bits per heavy atom. The Morgan fingerprint density at radius 1 is 0.857 bits per heavy atom. The number of rotatable bonds is 1. The smallest absolute Gasteiger partial charge is 0.121 e. The molecular formula is C20H19F. The predicted molar refractivity (Wildman–Crippen MR) is 87.2 cm³/mol. The van der Waals surface area contributed by atoms with Crippen molar-refractivity contribution in [1.82, 2.24) is 0 Å². The van der Waals surface area contributed by atoms with Crippen LogP contribution in [0, 0.1) is 17.3 Å². The molecule has 0 heterocycles. The minimum atomic E-state index is -0.559. The van der Waals surface area contributed by atoms with E-state index in [1.807, 2.05) is 81.4 Å². The zero-order chi connectivity index (χ0) is 15.3. The predicted octanol–water partition coefficient (Wildman–Crippen LogP) is 5.47. The SMILES string of the molecule is CC(C)(C)/C(F)=C(/C#Cc1ccccc1)c1ccccc1. The third-order valence-electron chi connectivity index (χ3n) is 3.05. The number of benzene rings is 2. The highest BCUT2D eigenvalue weighted by Gasteiger charge is 2.21. The van der Waals surface area contributed by atoms with Crippen LogP contribution in [0.5, 0.6) is 0 Å². The van der Waals surface area contributed by atoms with Crippen molar-refractivity contribution in [1.29, 1.82) is 0 Å². The van der Waals surface area contributed by atoms with Crippen molar-refractivity contribution >= 4 is 5.57 Å². The molecule has 2 aromatic carbocycles. The van der Waals surface area contributed by atoms with E-state index in [4.69, 9.17) is 0 Å². The first-order valence-electron chi connectivity index (χ1n) is 7.01. The van der Waals surface area contributed by atoms with E-state index in [9.17, 15) is 4.39 Å². The van der Waals surface area contributed by atoms with Crippen molar-refractivity contribution in [3.05, 3.63) is 77.6 Å². The zero-order valence-corrected chi connectivity index (χ0v) is 12.7. The van der Waals surface area contributed by atoms with Crippen molar-refractivity contribution in [2.24, 2.45) is 5.41 Å². The fourth-order valence-electron chi connectivity index (χ4n) is 1.89. The molecule has 0 aliphatic carbocycles. The number of hydrogen-bond acceptors (Lipinski definition) is 0. The number of hydrogen-bond donors (Lipinski definition) is 0. The topological polar surface area (TPSA) is 0 Å². The van der Waals surface area contributed by atoms with Crippen molar-refractivity contribution in [2.75, 3.05) is 0 Å². The van der Waals surface area contributed by atoms with Gasteiger partial charge in [0.15, 0.2) is 0 Å². The van der Waals surface area contributed by atoms with Gasteiger partial charge in [0.05, 0.1) is 5.57 Å². The van der Waals surface area contributed by atoms with Gasteiger partial charge in [-0.2, -0.15) is 0 Å². The van der Waals surface area contributed by atoms with Crippen molar-refractivity contribution < 1.29 is 4.39 Å². The summed E-state index contributed by atoms with van der Waals surface area (Å²) in [4.78, 5) is 0. The normalized spacial score (nSPS) is 12.2. The Kier molecular flexibility index (Phi) is 4.60. The summed E-state index contributed by atoms with van der Waals surface area (Å²) in [7, 11) is 0. The summed E-state index contributed by atoms with van der Waals surface area (Å²) >= 11 is 0. The monoisotopic (exact) mass is 278 g/mol. The van der Waals surface area contributed by atoms with Gasteiger partial charge in [-0.1, -0.05) is 81.1 Å². The molecule has 2 aromatic rings. The summed E-state index contributed by atoms with van der Waals surface area (Å²) in [5.41, 5.74) is 1.60. The summed E-state index contributed by atoms with van der Waals surface area (Å²) < 4.78 is 14.7. The lowest BCUT2D eigenvalue weighted by atomic mass is 9.89. The maximum Gasteiger partial charge on any atom is 0.121 e. The maximum atomic E-state index is 14.7. The highest BCUT2D eigenvalue weighted by atomic mass is 19.1. The molecule has 0 unspecified atom stereocenters. The minimum absolute atomic E-state index is 0.183. The van der Waals surface area contributed by atoms with Gasteiger partial charge in [-0.05, 0) is 17.7 Å². The van der Waals surface area contributed by atoms with Crippen molar-refractivity contribution in [3.63, 3.8) is 0 Å².